The molecule has 0 fully saturated rings. The highest BCUT2D eigenvalue weighted by atomic mass is 127. The molecule has 0 radical (unpaired) electrons. The van der Waals surface area contributed by atoms with Crippen LogP contribution in [0.15, 0.2) is 17.1 Å². The van der Waals surface area contributed by atoms with E-state index in [2.05, 4.69) is 34.6 Å². The normalized spacial score (nSPS) is 10.9. The maximum Gasteiger partial charge on any atom is 0.267 e. The molecule has 1 rings (SSSR count). The van der Waals surface area contributed by atoms with Crippen LogP contribution in [0.3, 0.4) is 0 Å². The third-order valence-electron chi connectivity index (χ3n) is 3.56. The van der Waals surface area contributed by atoms with Crippen molar-refractivity contribution in [1.82, 2.24) is 9.78 Å². The Hall–Kier alpha value is -0.390. The number of unbranched alkanes of at least 4 members (excludes halogenated alkanes) is 9. The summed E-state index contributed by atoms with van der Waals surface area (Å²) < 4.78 is 2.49. The Bertz CT molecular complexity index is 417. The molecule has 4 heteroatoms. The Morgan fingerprint density at radius 1 is 1.00 bits per heavy atom. The fourth-order valence-electron chi connectivity index (χ4n) is 2.33. The first-order chi connectivity index (χ1) is 9.74. The average Bonchev–Trinajstić information content (AvgIpc) is 2.43. The van der Waals surface area contributed by atoms with Crippen LogP contribution in [0.5, 0.6) is 0 Å². The minimum atomic E-state index is 0.0211. The first kappa shape index (κ1) is 17.7. The summed E-state index contributed by atoms with van der Waals surface area (Å²) in [6.07, 6.45) is 14.9. The van der Waals surface area contributed by atoms with Crippen LogP contribution in [-0.2, 0) is 6.54 Å². The first-order valence-electron chi connectivity index (χ1n) is 7.96. The van der Waals surface area contributed by atoms with Crippen LogP contribution in [-0.4, -0.2) is 9.78 Å². The van der Waals surface area contributed by atoms with Gasteiger partial charge >= 0.3 is 0 Å². The van der Waals surface area contributed by atoms with Gasteiger partial charge in [0.05, 0.1) is 6.20 Å². The van der Waals surface area contributed by atoms with E-state index in [0.29, 0.717) is 0 Å². The highest BCUT2D eigenvalue weighted by Crippen LogP contribution is 2.10. The molecule has 3 nitrogen and oxygen atoms in total. The van der Waals surface area contributed by atoms with Crippen molar-refractivity contribution in [2.24, 2.45) is 0 Å². The zero-order chi connectivity index (χ0) is 14.6. The van der Waals surface area contributed by atoms with Crippen LogP contribution in [0, 0.1) is 3.57 Å². The van der Waals surface area contributed by atoms with Crippen molar-refractivity contribution in [3.05, 3.63) is 26.2 Å². The molecule has 0 N–H and O–H groups in total. The van der Waals surface area contributed by atoms with Crippen molar-refractivity contribution in [3.8, 4) is 0 Å². The van der Waals surface area contributed by atoms with Crippen molar-refractivity contribution in [1.29, 1.82) is 0 Å². The topological polar surface area (TPSA) is 34.9 Å². The summed E-state index contributed by atoms with van der Waals surface area (Å²) in [5.41, 5.74) is 0.0211. The molecule has 0 amide bonds. The summed E-state index contributed by atoms with van der Waals surface area (Å²) in [4.78, 5) is 11.6. The summed E-state index contributed by atoms with van der Waals surface area (Å²) in [5.74, 6) is 0. The lowest BCUT2D eigenvalue weighted by atomic mass is 10.1. The van der Waals surface area contributed by atoms with Crippen LogP contribution in [0.4, 0.5) is 0 Å². The van der Waals surface area contributed by atoms with Crippen molar-refractivity contribution < 1.29 is 0 Å². The summed E-state index contributed by atoms with van der Waals surface area (Å²) in [6.45, 7) is 3.01. The number of halogens is 1. The number of rotatable bonds is 11. The molecular formula is C16H27IN2O. The van der Waals surface area contributed by atoms with Gasteiger partial charge in [-0.25, -0.2) is 4.68 Å². The molecule has 20 heavy (non-hydrogen) atoms. The van der Waals surface area contributed by atoms with E-state index < -0.39 is 0 Å². The fraction of sp³-hybridized carbons (Fsp3) is 0.750. The summed E-state index contributed by atoms with van der Waals surface area (Å²) in [5, 5.41) is 4.15. The molecule has 0 atom stereocenters. The average molecular weight is 390 g/mol. The van der Waals surface area contributed by atoms with Gasteiger partial charge in [0.15, 0.2) is 0 Å². The maximum atomic E-state index is 11.6. The van der Waals surface area contributed by atoms with E-state index in [1.807, 2.05) is 0 Å². The van der Waals surface area contributed by atoms with Crippen LogP contribution >= 0.6 is 22.6 Å². The Kier molecular flexibility index (Phi) is 9.97. The van der Waals surface area contributed by atoms with Gasteiger partial charge in [0.1, 0.15) is 0 Å². The largest absolute Gasteiger partial charge is 0.268 e. The van der Waals surface area contributed by atoms with Gasteiger partial charge in [0.25, 0.3) is 5.56 Å². The quantitative estimate of drug-likeness (QED) is 0.403. The van der Waals surface area contributed by atoms with E-state index in [9.17, 15) is 4.79 Å². The van der Waals surface area contributed by atoms with Gasteiger partial charge in [0.2, 0.25) is 0 Å². The van der Waals surface area contributed by atoms with Gasteiger partial charge in [-0.1, -0.05) is 64.7 Å². The molecule has 1 aromatic heterocycles. The van der Waals surface area contributed by atoms with Crippen LogP contribution in [0.1, 0.15) is 71.1 Å². The highest BCUT2D eigenvalue weighted by Gasteiger charge is 1.98. The van der Waals surface area contributed by atoms with E-state index in [1.54, 1.807) is 16.9 Å². The van der Waals surface area contributed by atoms with Crippen molar-refractivity contribution >= 4 is 22.6 Å². The molecule has 0 aliphatic heterocycles. The van der Waals surface area contributed by atoms with E-state index in [4.69, 9.17) is 0 Å². The van der Waals surface area contributed by atoms with Crippen molar-refractivity contribution in [2.75, 3.05) is 0 Å². The Balaban J connectivity index is 1.98. The van der Waals surface area contributed by atoms with Gasteiger partial charge in [-0.3, -0.25) is 4.79 Å². The highest BCUT2D eigenvalue weighted by molar-refractivity contribution is 14.1. The Labute approximate surface area is 136 Å². The molecule has 0 saturated carbocycles. The smallest absolute Gasteiger partial charge is 0.267 e. The fourth-order valence-corrected chi connectivity index (χ4v) is 2.72. The van der Waals surface area contributed by atoms with E-state index >= 15 is 0 Å². The molecule has 1 aromatic rings. The molecule has 0 aliphatic rings. The molecule has 0 bridgehead atoms. The van der Waals surface area contributed by atoms with Gasteiger partial charge in [0, 0.05) is 16.2 Å². The lowest BCUT2D eigenvalue weighted by Gasteiger charge is -2.04. The number of aryl methyl sites for hydroxylation is 1. The zero-order valence-corrected chi connectivity index (χ0v) is 14.8. The molecule has 1 heterocycles. The number of aromatic nitrogens is 2. The van der Waals surface area contributed by atoms with E-state index in [0.717, 1.165) is 16.5 Å². The predicted octanol–water partition coefficient (Wildman–Crippen LogP) is 4.77. The summed E-state index contributed by atoms with van der Waals surface area (Å²) in [7, 11) is 0. The molecule has 0 aromatic carbocycles. The zero-order valence-electron chi connectivity index (χ0n) is 12.6. The Morgan fingerprint density at radius 2 is 1.55 bits per heavy atom. The maximum absolute atomic E-state index is 11.6. The molecule has 114 valence electrons. The van der Waals surface area contributed by atoms with Crippen molar-refractivity contribution in [3.63, 3.8) is 0 Å². The minimum absolute atomic E-state index is 0.0211. The number of hydrogen-bond acceptors (Lipinski definition) is 2. The number of hydrogen-bond donors (Lipinski definition) is 0. The predicted molar refractivity (Wildman–Crippen MR) is 93.1 cm³/mol. The molecule has 0 spiro atoms. The second kappa shape index (κ2) is 11.3. The van der Waals surface area contributed by atoms with Gasteiger partial charge < -0.3 is 0 Å². The first-order valence-corrected chi connectivity index (χ1v) is 9.04. The van der Waals surface area contributed by atoms with Crippen LogP contribution in [0.2, 0.25) is 0 Å². The lowest BCUT2D eigenvalue weighted by Crippen LogP contribution is -2.22. The minimum Gasteiger partial charge on any atom is -0.268 e. The third kappa shape index (κ3) is 8.02. The molecule has 0 unspecified atom stereocenters. The second-order valence-electron chi connectivity index (χ2n) is 5.42. The Morgan fingerprint density at radius 3 is 2.10 bits per heavy atom. The van der Waals surface area contributed by atoms with Crippen molar-refractivity contribution in [2.45, 2.75) is 77.7 Å². The van der Waals surface area contributed by atoms with E-state index in [1.165, 1.54) is 57.8 Å². The van der Waals surface area contributed by atoms with E-state index in [-0.39, 0.29) is 5.56 Å². The van der Waals surface area contributed by atoms with Crippen LogP contribution < -0.4 is 5.56 Å². The van der Waals surface area contributed by atoms with Gasteiger partial charge in [-0.15, -0.1) is 0 Å². The molecule has 0 aliphatic carbocycles. The molecular weight excluding hydrogens is 363 g/mol. The van der Waals surface area contributed by atoms with Gasteiger partial charge in [-0.05, 0) is 29.0 Å². The standard InChI is InChI=1S/C16H27IN2O/c1-2-3-4-5-6-7-8-9-10-11-12-19-16(20)13-15(17)14-18-19/h13-14H,2-12H2,1H3. The van der Waals surface area contributed by atoms with Gasteiger partial charge in [-0.2, -0.15) is 5.10 Å². The summed E-state index contributed by atoms with van der Waals surface area (Å²) in [6, 6.07) is 1.64. The second-order valence-corrected chi connectivity index (χ2v) is 6.66. The third-order valence-corrected chi connectivity index (χ3v) is 4.15. The van der Waals surface area contributed by atoms with Crippen LogP contribution in [0.25, 0.3) is 0 Å². The number of nitrogens with zero attached hydrogens (tertiary/aromatic N) is 2. The molecule has 0 saturated heterocycles. The SMILES string of the molecule is CCCCCCCCCCCCn1ncc(I)cc1=O. The monoisotopic (exact) mass is 390 g/mol. The summed E-state index contributed by atoms with van der Waals surface area (Å²) >= 11 is 2.12. The lowest BCUT2D eigenvalue weighted by molar-refractivity contribution is 0.501.